The summed E-state index contributed by atoms with van der Waals surface area (Å²) < 4.78 is 7.97. The van der Waals surface area contributed by atoms with Gasteiger partial charge in [-0.1, -0.05) is 12.1 Å². The molecule has 3 rings (SSSR count). The molecule has 2 aromatic heterocycles. The molecule has 0 fully saturated rings. The first kappa shape index (κ1) is 12.4. The molecule has 20 heavy (non-hydrogen) atoms. The van der Waals surface area contributed by atoms with Gasteiger partial charge >= 0.3 is 5.97 Å². The van der Waals surface area contributed by atoms with Crippen LogP contribution in [0.2, 0.25) is 0 Å². The Bertz CT molecular complexity index is 876. The van der Waals surface area contributed by atoms with Crippen LogP contribution in [-0.2, 0) is 11.8 Å². The summed E-state index contributed by atoms with van der Waals surface area (Å²) in [5.74, 6) is -0.528. The summed E-state index contributed by atoms with van der Waals surface area (Å²) >= 11 is 0. The molecule has 3 aromatic rings. The molecule has 0 aliphatic carbocycles. The Balaban J connectivity index is 2.36. The summed E-state index contributed by atoms with van der Waals surface area (Å²) in [6.07, 6.45) is 0. The largest absolute Gasteiger partial charge is 0.461 e. The predicted octanol–water partition coefficient (Wildman–Crippen LogP) is 1.36. The van der Waals surface area contributed by atoms with Crippen molar-refractivity contribution in [1.29, 1.82) is 0 Å². The highest BCUT2D eigenvalue weighted by Gasteiger charge is 2.16. The maximum Gasteiger partial charge on any atom is 0.358 e. The quantitative estimate of drug-likeness (QED) is 0.660. The molecule has 0 saturated carbocycles. The molecule has 102 valence electrons. The van der Waals surface area contributed by atoms with Crippen molar-refractivity contribution in [3.63, 3.8) is 0 Å². The zero-order chi connectivity index (χ0) is 14.3. The van der Waals surface area contributed by atoms with Crippen molar-refractivity contribution < 1.29 is 9.53 Å². The number of rotatable bonds is 2. The van der Waals surface area contributed by atoms with Gasteiger partial charge in [-0.3, -0.25) is 4.79 Å². The number of benzene rings is 1. The zero-order valence-electron chi connectivity index (χ0n) is 11.2. The third-order valence-corrected chi connectivity index (χ3v) is 3.21. The van der Waals surface area contributed by atoms with E-state index in [1.54, 1.807) is 25.1 Å². The number of aromatic nitrogens is 3. The van der Waals surface area contributed by atoms with Crippen LogP contribution in [0, 0.1) is 0 Å². The van der Waals surface area contributed by atoms with E-state index in [-0.39, 0.29) is 17.9 Å². The summed E-state index contributed by atoms with van der Waals surface area (Å²) in [5, 5.41) is 4.61. The van der Waals surface area contributed by atoms with Crippen LogP contribution in [0.5, 0.6) is 0 Å². The molecule has 0 spiro atoms. The molecule has 0 saturated heterocycles. The molecule has 0 unspecified atom stereocenters. The fraction of sp³-hybridized carbons (Fsp3) is 0.214. The van der Waals surface area contributed by atoms with E-state index in [1.165, 1.54) is 4.52 Å². The van der Waals surface area contributed by atoms with Gasteiger partial charge in [0.15, 0.2) is 5.69 Å². The molecule has 1 aromatic carbocycles. The number of ether oxygens (including phenoxy) is 1. The van der Waals surface area contributed by atoms with Crippen molar-refractivity contribution in [2.24, 2.45) is 7.05 Å². The highest BCUT2D eigenvalue weighted by molar-refractivity contribution is 5.89. The number of hydrogen-bond acceptors (Lipinski definition) is 4. The van der Waals surface area contributed by atoms with Crippen molar-refractivity contribution in [2.45, 2.75) is 6.92 Å². The van der Waals surface area contributed by atoms with E-state index >= 15 is 0 Å². The number of esters is 1. The van der Waals surface area contributed by atoms with Crippen LogP contribution in [0.1, 0.15) is 17.4 Å². The normalized spacial score (nSPS) is 11.1. The van der Waals surface area contributed by atoms with Gasteiger partial charge in [-0.15, -0.1) is 0 Å². The third kappa shape index (κ3) is 1.69. The standard InChI is InChI=1S/C14H13N3O3/c1-3-20-14(19)10-8-12-16(2)11-7-5-4-6-9(11)13(18)17(12)15-10/h4-8H,3H2,1-2H3. The highest BCUT2D eigenvalue weighted by atomic mass is 16.5. The first-order valence-electron chi connectivity index (χ1n) is 6.28. The van der Waals surface area contributed by atoms with Crippen LogP contribution >= 0.6 is 0 Å². The minimum atomic E-state index is -0.528. The molecule has 0 bridgehead atoms. The number of aryl methyl sites for hydroxylation is 1. The summed E-state index contributed by atoms with van der Waals surface area (Å²) in [4.78, 5) is 24.1. The summed E-state index contributed by atoms with van der Waals surface area (Å²) in [5.41, 5.74) is 1.23. The lowest BCUT2D eigenvalue weighted by Crippen LogP contribution is -2.18. The van der Waals surface area contributed by atoms with E-state index in [9.17, 15) is 9.59 Å². The maximum absolute atomic E-state index is 12.4. The first-order valence-corrected chi connectivity index (χ1v) is 6.28. The third-order valence-electron chi connectivity index (χ3n) is 3.21. The van der Waals surface area contributed by atoms with Gasteiger partial charge in [-0.2, -0.15) is 9.61 Å². The lowest BCUT2D eigenvalue weighted by molar-refractivity contribution is 0.0519. The molecule has 0 N–H and O–H groups in total. The van der Waals surface area contributed by atoms with Crippen molar-refractivity contribution in [2.75, 3.05) is 6.61 Å². The fourth-order valence-electron chi connectivity index (χ4n) is 2.25. The first-order chi connectivity index (χ1) is 9.63. The van der Waals surface area contributed by atoms with Gasteiger partial charge < -0.3 is 9.30 Å². The van der Waals surface area contributed by atoms with E-state index in [0.717, 1.165) is 5.52 Å². The smallest absolute Gasteiger partial charge is 0.358 e. The minimum Gasteiger partial charge on any atom is -0.461 e. The molecule has 0 radical (unpaired) electrons. The minimum absolute atomic E-state index is 0.134. The van der Waals surface area contributed by atoms with Crippen molar-refractivity contribution >= 4 is 22.5 Å². The van der Waals surface area contributed by atoms with E-state index < -0.39 is 5.97 Å². The Morgan fingerprint density at radius 1 is 1.35 bits per heavy atom. The summed E-state index contributed by atoms with van der Waals surface area (Å²) in [7, 11) is 1.83. The van der Waals surface area contributed by atoms with E-state index in [1.807, 2.05) is 23.7 Å². The van der Waals surface area contributed by atoms with E-state index in [4.69, 9.17) is 4.74 Å². The Hall–Kier alpha value is -2.63. The van der Waals surface area contributed by atoms with Crippen molar-refractivity contribution in [1.82, 2.24) is 14.2 Å². The second-order valence-corrected chi connectivity index (χ2v) is 4.40. The SMILES string of the molecule is CCOC(=O)c1cc2n(C)c3ccccc3c(=O)n2n1. The molecule has 0 amide bonds. The topological polar surface area (TPSA) is 65.6 Å². The average molecular weight is 271 g/mol. The van der Waals surface area contributed by atoms with Crippen LogP contribution in [0.3, 0.4) is 0 Å². The number of fused-ring (bicyclic) bond motifs is 2. The second kappa shape index (κ2) is 4.48. The molecule has 2 heterocycles. The number of nitrogens with zero attached hydrogens (tertiary/aromatic N) is 3. The van der Waals surface area contributed by atoms with Crippen LogP contribution in [0.25, 0.3) is 16.6 Å². The molecular formula is C14H13N3O3. The lowest BCUT2D eigenvalue weighted by atomic mass is 10.2. The van der Waals surface area contributed by atoms with Gasteiger partial charge in [0.1, 0.15) is 5.65 Å². The van der Waals surface area contributed by atoms with Gasteiger partial charge in [-0.05, 0) is 19.1 Å². The number of carbonyl (C=O) groups is 1. The molecular weight excluding hydrogens is 258 g/mol. The Morgan fingerprint density at radius 2 is 2.10 bits per heavy atom. The number of carbonyl (C=O) groups excluding carboxylic acids is 1. The van der Waals surface area contributed by atoms with Crippen molar-refractivity contribution in [3.05, 3.63) is 46.4 Å². The Labute approximate surface area is 114 Å². The Morgan fingerprint density at radius 3 is 2.85 bits per heavy atom. The molecule has 6 heteroatoms. The molecule has 0 atom stereocenters. The maximum atomic E-state index is 12.4. The predicted molar refractivity (Wildman–Crippen MR) is 73.9 cm³/mol. The van der Waals surface area contributed by atoms with Crippen LogP contribution in [0.4, 0.5) is 0 Å². The van der Waals surface area contributed by atoms with Gasteiger partial charge in [-0.25, -0.2) is 4.79 Å². The Kier molecular flexibility index (Phi) is 2.78. The van der Waals surface area contributed by atoms with Gasteiger partial charge in [0.2, 0.25) is 0 Å². The molecule has 0 aliphatic heterocycles. The highest BCUT2D eigenvalue weighted by Crippen LogP contribution is 2.13. The van der Waals surface area contributed by atoms with Gasteiger partial charge in [0.05, 0.1) is 17.5 Å². The summed E-state index contributed by atoms with van der Waals surface area (Å²) in [6.45, 7) is 1.99. The monoisotopic (exact) mass is 271 g/mol. The van der Waals surface area contributed by atoms with Gasteiger partial charge in [0.25, 0.3) is 5.56 Å². The summed E-state index contributed by atoms with van der Waals surface area (Å²) in [6, 6.07) is 8.81. The second-order valence-electron chi connectivity index (χ2n) is 4.40. The van der Waals surface area contributed by atoms with Crippen LogP contribution in [-0.4, -0.2) is 26.8 Å². The van der Waals surface area contributed by atoms with Crippen molar-refractivity contribution in [3.8, 4) is 0 Å². The zero-order valence-corrected chi connectivity index (χ0v) is 11.2. The fourth-order valence-corrected chi connectivity index (χ4v) is 2.25. The number of hydrogen-bond donors (Lipinski definition) is 0. The number of para-hydroxylation sites is 1. The van der Waals surface area contributed by atoms with Gasteiger partial charge in [0, 0.05) is 13.1 Å². The molecule has 6 nitrogen and oxygen atoms in total. The lowest BCUT2D eigenvalue weighted by Gasteiger charge is -2.06. The van der Waals surface area contributed by atoms with Crippen LogP contribution < -0.4 is 5.56 Å². The average Bonchev–Trinajstić information content (AvgIpc) is 2.91. The van der Waals surface area contributed by atoms with E-state index in [0.29, 0.717) is 11.0 Å². The van der Waals surface area contributed by atoms with Crippen LogP contribution in [0.15, 0.2) is 35.1 Å². The molecule has 0 aliphatic rings. The van der Waals surface area contributed by atoms with E-state index in [2.05, 4.69) is 5.10 Å².